The zero-order valence-electron chi connectivity index (χ0n) is 12.5. The molecule has 24 heavy (non-hydrogen) atoms. The summed E-state index contributed by atoms with van der Waals surface area (Å²) >= 11 is 7.43. The van der Waals surface area contributed by atoms with Crippen LogP contribution in [0.2, 0.25) is 5.02 Å². The molecule has 0 aliphatic rings. The third-order valence-electron chi connectivity index (χ3n) is 3.15. The largest absolute Gasteiger partial charge is 0.212 e. The number of thioether (sulfide) groups is 1. The molecule has 0 radical (unpaired) electrons. The van der Waals surface area contributed by atoms with Crippen molar-refractivity contribution >= 4 is 29.6 Å². The molecule has 0 aliphatic heterocycles. The van der Waals surface area contributed by atoms with Crippen molar-refractivity contribution in [3.63, 3.8) is 0 Å². The molecule has 3 rings (SSSR count). The van der Waals surface area contributed by atoms with Crippen LogP contribution in [0.3, 0.4) is 0 Å². The predicted molar refractivity (Wildman–Crippen MR) is 95.2 cm³/mol. The van der Waals surface area contributed by atoms with Gasteiger partial charge < -0.3 is 0 Å². The van der Waals surface area contributed by atoms with Crippen molar-refractivity contribution in [3.8, 4) is 6.07 Å². The molecule has 7 heteroatoms. The minimum absolute atomic E-state index is 0.621. The first-order valence-electron chi connectivity index (χ1n) is 7.06. The minimum atomic E-state index is 0.621. The lowest BCUT2D eigenvalue weighted by atomic mass is 10.2. The molecule has 0 saturated carbocycles. The highest BCUT2D eigenvalue weighted by atomic mass is 35.5. The van der Waals surface area contributed by atoms with Gasteiger partial charge in [-0.1, -0.05) is 47.6 Å². The Morgan fingerprint density at radius 1 is 1.17 bits per heavy atom. The Balaban J connectivity index is 1.67. The molecule has 0 unspecified atom stereocenters. The lowest BCUT2D eigenvalue weighted by Gasteiger charge is -2.01. The number of hydrogen-bond acceptors (Lipinski definition) is 5. The van der Waals surface area contributed by atoms with E-state index in [4.69, 9.17) is 16.9 Å². The summed E-state index contributed by atoms with van der Waals surface area (Å²) in [4.78, 5) is 0. The van der Waals surface area contributed by atoms with Crippen molar-refractivity contribution in [2.24, 2.45) is 5.10 Å². The Labute approximate surface area is 148 Å². The Morgan fingerprint density at radius 2 is 1.92 bits per heavy atom. The molecular weight excluding hydrogens is 342 g/mol. The number of rotatable bonds is 5. The summed E-state index contributed by atoms with van der Waals surface area (Å²) in [5.74, 6) is 0.752. The number of nitrogens with zero attached hydrogens (tertiary/aromatic N) is 5. The molecule has 5 nitrogen and oxygen atoms in total. The van der Waals surface area contributed by atoms with Gasteiger partial charge in [0.2, 0.25) is 5.16 Å². The van der Waals surface area contributed by atoms with Gasteiger partial charge >= 0.3 is 0 Å². The van der Waals surface area contributed by atoms with Crippen LogP contribution < -0.4 is 0 Å². The molecule has 0 spiro atoms. The number of hydrogen-bond donors (Lipinski definition) is 0. The van der Waals surface area contributed by atoms with Crippen molar-refractivity contribution in [3.05, 3.63) is 76.6 Å². The van der Waals surface area contributed by atoms with E-state index in [2.05, 4.69) is 21.4 Å². The number of halogens is 1. The van der Waals surface area contributed by atoms with E-state index in [1.165, 1.54) is 0 Å². The first-order chi connectivity index (χ1) is 11.7. The van der Waals surface area contributed by atoms with Crippen LogP contribution in [0.15, 0.2) is 65.1 Å². The maximum atomic E-state index is 8.80. The average Bonchev–Trinajstić information content (AvgIpc) is 3.07. The molecule has 118 valence electrons. The van der Waals surface area contributed by atoms with Crippen molar-refractivity contribution < 1.29 is 0 Å². The van der Waals surface area contributed by atoms with Crippen LogP contribution in [-0.2, 0) is 5.75 Å². The van der Waals surface area contributed by atoms with Crippen molar-refractivity contribution in [2.45, 2.75) is 10.9 Å². The summed E-state index contributed by atoms with van der Waals surface area (Å²) in [6, 6.07) is 17.0. The first kappa shape index (κ1) is 16.2. The Kier molecular flexibility index (Phi) is 5.26. The van der Waals surface area contributed by atoms with E-state index < -0.39 is 0 Å². The number of nitriles is 1. The summed E-state index contributed by atoms with van der Waals surface area (Å²) in [5.41, 5.74) is 2.67. The number of aromatic nitrogens is 3. The highest BCUT2D eigenvalue weighted by Gasteiger charge is 2.04. The van der Waals surface area contributed by atoms with Crippen LogP contribution in [0.1, 0.15) is 16.7 Å². The quantitative estimate of drug-likeness (QED) is 0.514. The molecule has 0 fully saturated rings. The molecule has 0 amide bonds. The minimum Gasteiger partial charge on any atom is -0.195 e. The maximum Gasteiger partial charge on any atom is 0.212 e. The van der Waals surface area contributed by atoms with Gasteiger partial charge in [-0.3, -0.25) is 0 Å². The predicted octanol–water partition coefficient (Wildman–Crippen LogP) is 3.98. The maximum absolute atomic E-state index is 8.80. The molecular formula is C17H12ClN5S. The molecule has 0 atom stereocenters. The molecule has 0 bridgehead atoms. The van der Waals surface area contributed by atoms with Gasteiger partial charge in [0.05, 0.1) is 17.8 Å². The summed E-state index contributed by atoms with van der Waals surface area (Å²) in [7, 11) is 0. The number of benzene rings is 2. The van der Waals surface area contributed by atoms with Crippen LogP contribution in [-0.4, -0.2) is 21.1 Å². The van der Waals surface area contributed by atoms with Gasteiger partial charge in [-0.2, -0.15) is 15.0 Å². The van der Waals surface area contributed by atoms with E-state index in [9.17, 15) is 0 Å². The molecule has 0 saturated heterocycles. The standard InChI is InChI=1S/C17H12ClN5S/c18-16-7-5-15(6-8-16)11-24-17-22-20-12-23(17)21-10-14-3-1-13(9-19)2-4-14/h1-8,10,12H,11H2/b21-10+. The van der Waals surface area contributed by atoms with E-state index >= 15 is 0 Å². The van der Waals surface area contributed by atoms with Gasteiger partial charge in [-0.05, 0) is 35.4 Å². The van der Waals surface area contributed by atoms with E-state index in [1.54, 1.807) is 41.1 Å². The molecule has 2 aromatic carbocycles. The molecule has 1 heterocycles. The normalized spacial score (nSPS) is 10.8. The lowest BCUT2D eigenvalue weighted by Crippen LogP contribution is -1.93. The van der Waals surface area contributed by atoms with Crippen LogP contribution in [0, 0.1) is 11.3 Å². The summed E-state index contributed by atoms with van der Waals surface area (Å²) in [6.07, 6.45) is 3.27. The Morgan fingerprint density at radius 3 is 2.62 bits per heavy atom. The third kappa shape index (κ3) is 4.22. The second-order valence-electron chi connectivity index (χ2n) is 4.85. The van der Waals surface area contributed by atoms with Gasteiger partial charge in [-0.25, -0.2) is 0 Å². The van der Waals surface area contributed by atoms with E-state index in [0.29, 0.717) is 10.7 Å². The SMILES string of the molecule is N#Cc1ccc(/C=N/n2cnnc2SCc2ccc(Cl)cc2)cc1. The second kappa shape index (κ2) is 7.77. The Bertz CT molecular complexity index is 879. The summed E-state index contributed by atoms with van der Waals surface area (Å²) in [6.45, 7) is 0. The van der Waals surface area contributed by atoms with Crippen LogP contribution in [0.25, 0.3) is 0 Å². The summed E-state index contributed by atoms with van der Waals surface area (Å²) in [5, 5.41) is 22.6. The molecule has 0 N–H and O–H groups in total. The average molecular weight is 354 g/mol. The smallest absolute Gasteiger partial charge is 0.195 e. The lowest BCUT2D eigenvalue weighted by molar-refractivity contribution is 0.767. The van der Waals surface area contributed by atoms with Gasteiger partial charge in [0.25, 0.3) is 0 Å². The fourth-order valence-corrected chi connectivity index (χ4v) is 2.84. The van der Waals surface area contributed by atoms with E-state index in [-0.39, 0.29) is 0 Å². The topological polar surface area (TPSA) is 66.9 Å². The van der Waals surface area contributed by atoms with Crippen molar-refractivity contribution in [1.82, 2.24) is 14.9 Å². The van der Waals surface area contributed by atoms with Crippen molar-refractivity contribution in [2.75, 3.05) is 0 Å². The zero-order valence-corrected chi connectivity index (χ0v) is 14.1. The highest BCUT2D eigenvalue weighted by molar-refractivity contribution is 7.98. The van der Waals surface area contributed by atoms with Crippen LogP contribution in [0.5, 0.6) is 0 Å². The third-order valence-corrected chi connectivity index (χ3v) is 4.41. The fourth-order valence-electron chi connectivity index (χ4n) is 1.89. The molecule has 0 aliphatic carbocycles. The van der Waals surface area contributed by atoms with Gasteiger partial charge in [0.1, 0.15) is 6.33 Å². The van der Waals surface area contributed by atoms with Gasteiger partial charge in [-0.15, -0.1) is 10.2 Å². The summed E-state index contributed by atoms with van der Waals surface area (Å²) < 4.78 is 1.62. The second-order valence-corrected chi connectivity index (χ2v) is 6.23. The van der Waals surface area contributed by atoms with Crippen molar-refractivity contribution in [1.29, 1.82) is 5.26 Å². The fraction of sp³-hybridized carbons (Fsp3) is 0.0588. The first-order valence-corrected chi connectivity index (χ1v) is 8.43. The van der Waals surface area contributed by atoms with Crippen LogP contribution in [0.4, 0.5) is 0 Å². The van der Waals surface area contributed by atoms with Crippen LogP contribution >= 0.6 is 23.4 Å². The molecule has 3 aromatic rings. The van der Waals surface area contributed by atoms with Gasteiger partial charge in [0, 0.05) is 10.8 Å². The zero-order chi connectivity index (χ0) is 16.8. The Hall–Kier alpha value is -2.62. The van der Waals surface area contributed by atoms with Gasteiger partial charge in [0.15, 0.2) is 0 Å². The van der Waals surface area contributed by atoms with E-state index in [0.717, 1.165) is 21.9 Å². The van der Waals surface area contributed by atoms with E-state index in [1.807, 2.05) is 36.4 Å². The highest BCUT2D eigenvalue weighted by Crippen LogP contribution is 2.21. The molecule has 1 aromatic heterocycles. The monoisotopic (exact) mass is 353 g/mol.